The maximum Gasteiger partial charge on any atom is 0.337 e. The Morgan fingerprint density at radius 2 is 2.05 bits per heavy atom. The van der Waals surface area contributed by atoms with Gasteiger partial charge in [0.15, 0.2) is 0 Å². The number of carbonyl (C=O) groups is 1. The summed E-state index contributed by atoms with van der Waals surface area (Å²) in [5.41, 5.74) is 2.54. The molecule has 1 heterocycles. The monoisotopic (exact) mass is 285 g/mol. The summed E-state index contributed by atoms with van der Waals surface area (Å²) < 4.78 is 18.8. The van der Waals surface area contributed by atoms with Crippen LogP contribution < -0.4 is 5.32 Å². The van der Waals surface area contributed by atoms with Crippen molar-refractivity contribution in [1.29, 1.82) is 0 Å². The maximum atomic E-state index is 14.1. The quantitative estimate of drug-likeness (QED) is 0.858. The highest BCUT2D eigenvalue weighted by Crippen LogP contribution is 2.40. The van der Waals surface area contributed by atoms with E-state index in [0.29, 0.717) is 17.5 Å². The Hall–Kier alpha value is -2.36. The van der Waals surface area contributed by atoms with Gasteiger partial charge in [-0.15, -0.1) is 0 Å². The van der Waals surface area contributed by atoms with Gasteiger partial charge in [0.2, 0.25) is 0 Å². The van der Waals surface area contributed by atoms with E-state index in [1.54, 1.807) is 24.3 Å². The predicted octanol–water partition coefficient (Wildman–Crippen LogP) is 3.50. The van der Waals surface area contributed by atoms with Gasteiger partial charge in [-0.25, -0.2) is 9.18 Å². The van der Waals surface area contributed by atoms with Gasteiger partial charge in [0.05, 0.1) is 18.2 Å². The van der Waals surface area contributed by atoms with Crippen molar-refractivity contribution in [1.82, 2.24) is 0 Å². The van der Waals surface area contributed by atoms with Gasteiger partial charge >= 0.3 is 5.97 Å². The molecule has 2 aromatic carbocycles. The smallest absolute Gasteiger partial charge is 0.337 e. The minimum absolute atomic E-state index is 0.228. The third kappa shape index (κ3) is 2.27. The molecule has 0 fully saturated rings. The number of hydrogen-bond donors (Lipinski definition) is 1. The van der Waals surface area contributed by atoms with Crippen LogP contribution in [-0.2, 0) is 16.7 Å². The van der Waals surface area contributed by atoms with Crippen LogP contribution in [0.1, 0.15) is 28.4 Å². The van der Waals surface area contributed by atoms with E-state index < -0.39 is 5.54 Å². The molecule has 0 aromatic heterocycles. The lowest BCUT2D eigenvalue weighted by atomic mass is 9.88. The lowest BCUT2D eigenvalue weighted by molar-refractivity contribution is 0.0600. The van der Waals surface area contributed by atoms with Gasteiger partial charge in [-0.2, -0.15) is 0 Å². The fourth-order valence-corrected chi connectivity index (χ4v) is 2.90. The molecule has 1 N–H and O–H groups in total. The van der Waals surface area contributed by atoms with E-state index in [-0.39, 0.29) is 11.8 Å². The summed E-state index contributed by atoms with van der Waals surface area (Å²) in [6.07, 6.45) is 0.619. The second-order valence-corrected chi connectivity index (χ2v) is 5.48. The molecule has 0 aliphatic carbocycles. The van der Waals surface area contributed by atoms with Crippen LogP contribution in [0.2, 0.25) is 0 Å². The second kappa shape index (κ2) is 4.88. The average molecular weight is 285 g/mol. The van der Waals surface area contributed by atoms with Gasteiger partial charge in [0, 0.05) is 17.7 Å². The van der Waals surface area contributed by atoms with E-state index in [0.717, 1.165) is 11.3 Å². The van der Waals surface area contributed by atoms with E-state index >= 15 is 0 Å². The number of ether oxygens (including phenoxy) is 1. The molecule has 1 aliphatic heterocycles. The molecule has 1 unspecified atom stereocenters. The SMILES string of the molecule is COC(=O)c1ccc2c(c1)CC(C)(c1ccccc1F)N2. The van der Waals surface area contributed by atoms with Crippen LogP contribution in [0.3, 0.4) is 0 Å². The number of methoxy groups -OCH3 is 1. The third-order valence-electron chi connectivity index (χ3n) is 3.95. The average Bonchev–Trinajstić information content (AvgIpc) is 2.83. The van der Waals surface area contributed by atoms with E-state index in [9.17, 15) is 9.18 Å². The molecular weight excluding hydrogens is 269 g/mol. The molecule has 3 rings (SSSR count). The fourth-order valence-electron chi connectivity index (χ4n) is 2.90. The summed E-state index contributed by atoms with van der Waals surface area (Å²) in [6.45, 7) is 1.96. The Morgan fingerprint density at radius 1 is 1.29 bits per heavy atom. The lowest BCUT2D eigenvalue weighted by Crippen LogP contribution is -2.30. The highest BCUT2D eigenvalue weighted by molar-refractivity contribution is 5.90. The van der Waals surface area contributed by atoms with Crippen LogP contribution in [0.5, 0.6) is 0 Å². The predicted molar refractivity (Wildman–Crippen MR) is 78.9 cm³/mol. The fraction of sp³-hybridized carbons (Fsp3) is 0.235. The normalized spacial score (nSPS) is 19.8. The van der Waals surface area contributed by atoms with Crippen molar-refractivity contribution in [2.75, 3.05) is 12.4 Å². The highest BCUT2D eigenvalue weighted by atomic mass is 19.1. The zero-order valence-electron chi connectivity index (χ0n) is 11.9. The Balaban J connectivity index is 1.97. The van der Waals surface area contributed by atoms with Crippen molar-refractivity contribution in [3.63, 3.8) is 0 Å². The number of benzene rings is 2. The van der Waals surface area contributed by atoms with E-state index in [1.807, 2.05) is 19.1 Å². The van der Waals surface area contributed by atoms with E-state index in [4.69, 9.17) is 4.74 Å². The van der Waals surface area contributed by atoms with Crippen LogP contribution in [0, 0.1) is 5.82 Å². The second-order valence-electron chi connectivity index (χ2n) is 5.48. The number of halogens is 1. The van der Waals surface area contributed by atoms with Crippen molar-refractivity contribution in [3.8, 4) is 0 Å². The molecule has 4 heteroatoms. The zero-order valence-corrected chi connectivity index (χ0v) is 11.9. The minimum atomic E-state index is -0.511. The topological polar surface area (TPSA) is 38.3 Å². The van der Waals surface area contributed by atoms with Gasteiger partial charge in [0.1, 0.15) is 5.82 Å². The number of carbonyl (C=O) groups excluding carboxylic acids is 1. The summed E-state index contributed by atoms with van der Waals surface area (Å²) in [5.74, 6) is -0.592. The van der Waals surface area contributed by atoms with Gasteiger partial charge < -0.3 is 10.1 Å². The first-order chi connectivity index (χ1) is 10.0. The summed E-state index contributed by atoms with van der Waals surface area (Å²) in [4.78, 5) is 11.6. The molecule has 0 radical (unpaired) electrons. The van der Waals surface area contributed by atoms with E-state index in [2.05, 4.69) is 5.32 Å². The number of fused-ring (bicyclic) bond motifs is 1. The van der Waals surface area contributed by atoms with Gasteiger partial charge in [0.25, 0.3) is 0 Å². The standard InChI is InChI=1S/C17H16FNO2/c1-17(13-5-3-4-6-14(13)18)10-12-9-11(16(20)21-2)7-8-15(12)19-17/h3-9,19H,10H2,1-2H3. The molecular formula is C17H16FNO2. The van der Waals surface area contributed by atoms with Crippen molar-refractivity contribution in [2.45, 2.75) is 18.9 Å². The molecule has 0 saturated heterocycles. The van der Waals surface area contributed by atoms with Gasteiger partial charge in [-0.3, -0.25) is 0 Å². The Bertz CT molecular complexity index is 714. The van der Waals surface area contributed by atoms with E-state index in [1.165, 1.54) is 13.2 Å². The summed E-state index contributed by atoms with van der Waals surface area (Å²) >= 11 is 0. The molecule has 2 aromatic rings. The number of nitrogens with one attached hydrogen (secondary N) is 1. The van der Waals surface area contributed by atoms with Gasteiger partial charge in [-0.1, -0.05) is 18.2 Å². The van der Waals surface area contributed by atoms with Crippen LogP contribution >= 0.6 is 0 Å². The van der Waals surface area contributed by atoms with Crippen LogP contribution in [-0.4, -0.2) is 13.1 Å². The maximum absolute atomic E-state index is 14.1. The lowest BCUT2D eigenvalue weighted by Gasteiger charge is -2.26. The zero-order chi connectivity index (χ0) is 15.0. The van der Waals surface area contributed by atoms with Gasteiger partial charge in [-0.05, 0) is 36.8 Å². The first kappa shape index (κ1) is 13.6. The Kier molecular flexibility index (Phi) is 3.16. The third-order valence-corrected chi connectivity index (χ3v) is 3.95. The van der Waals surface area contributed by atoms with Crippen molar-refractivity contribution in [3.05, 3.63) is 65.0 Å². The van der Waals surface area contributed by atoms with Crippen molar-refractivity contribution >= 4 is 11.7 Å². The van der Waals surface area contributed by atoms with Crippen molar-refractivity contribution < 1.29 is 13.9 Å². The molecule has 0 spiro atoms. The number of esters is 1. The van der Waals surface area contributed by atoms with Crippen LogP contribution in [0.15, 0.2) is 42.5 Å². The molecule has 0 amide bonds. The molecule has 108 valence electrons. The summed E-state index contributed by atoms with van der Waals surface area (Å²) in [5, 5.41) is 3.36. The number of rotatable bonds is 2. The number of anilines is 1. The molecule has 3 nitrogen and oxygen atoms in total. The molecule has 0 saturated carbocycles. The molecule has 21 heavy (non-hydrogen) atoms. The molecule has 1 atom stereocenters. The highest BCUT2D eigenvalue weighted by Gasteiger charge is 2.36. The minimum Gasteiger partial charge on any atom is -0.465 e. The Morgan fingerprint density at radius 3 is 2.76 bits per heavy atom. The summed E-state index contributed by atoms with van der Waals surface area (Å²) in [7, 11) is 1.36. The number of hydrogen-bond acceptors (Lipinski definition) is 3. The first-order valence-corrected chi connectivity index (χ1v) is 6.78. The molecule has 0 bridgehead atoms. The van der Waals surface area contributed by atoms with Crippen LogP contribution in [0.25, 0.3) is 0 Å². The van der Waals surface area contributed by atoms with Crippen LogP contribution in [0.4, 0.5) is 10.1 Å². The first-order valence-electron chi connectivity index (χ1n) is 6.78. The Labute approximate surface area is 122 Å². The van der Waals surface area contributed by atoms with Crippen molar-refractivity contribution in [2.24, 2.45) is 0 Å². The largest absolute Gasteiger partial charge is 0.465 e. The summed E-state index contributed by atoms with van der Waals surface area (Å²) in [6, 6.07) is 12.1. The molecule has 1 aliphatic rings.